The molecule has 2 fully saturated rings. The van der Waals surface area contributed by atoms with Gasteiger partial charge in [0.2, 0.25) is 12.3 Å². The number of rotatable bonds is 6. The number of benzene rings is 2. The molecule has 2 aliphatic carbocycles. The Morgan fingerprint density at radius 1 is 0.962 bits per heavy atom. The highest BCUT2D eigenvalue weighted by molar-refractivity contribution is 6.10. The van der Waals surface area contributed by atoms with E-state index in [-0.39, 0.29) is 12.2 Å². The number of allylic oxidation sites excluding steroid dienone is 9. The molecule has 2 heterocycles. The van der Waals surface area contributed by atoms with Gasteiger partial charge in [-0.3, -0.25) is 14.6 Å². The molecule has 6 rings (SSSR count). The van der Waals surface area contributed by atoms with E-state index >= 15 is 0 Å². The number of phenolic OH excluding ortho intramolecular Hbond substituents is 1. The number of carbonyl (C=O) groups is 2. The van der Waals surface area contributed by atoms with E-state index in [4.69, 9.17) is 9.79 Å². The molecule has 4 N–H and O–H groups in total. The molecule has 53 heavy (non-hydrogen) atoms. The maximum absolute atomic E-state index is 11.1. The topological polar surface area (TPSA) is 116 Å². The van der Waals surface area contributed by atoms with Crippen molar-refractivity contribution < 1.29 is 19.8 Å². The van der Waals surface area contributed by atoms with Crippen molar-refractivity contribution in [3.8, 4) is 5.75 Å². The molecule has 7 heteroatoms. The summed E-state index contributed by atoms with van der Waals surface area (Å²) in [5.74, 6) is 1.26. The predicted molar refractivity (Wildman–Crippen MR) is 222 cm³/mol. The van der Waals surface area contributed by atoms with Crippen LogP contribution in [0.5, 0.6) is 5.75 Å². The third kappa shape index (κ3) is 12.1. The van der Waals surface area contributed by atoms with Crippen molar-refractivity contribution >= 4 is 29.4 Å². The first-order chi connectivity index (χ1) is 25.6. The number of aliphatic hydroxyl groups is 1. The number of likely N-dealkylation sites (tertiary alicyclic amines) is 1. The normalized spacial score (nSPS) is 17.1. The van der Waals surface area contributed by atoms with Gasteiger partial charge < -0.3 is 20.8 Å². The predicted octanol–water partition coefficient (Wildman–Crippen LogP) is 10.6. The Bertz CT molecular complexity index is 1780. The van der Waals surface area contributed by atoms with E-state index < -0.39 is 0 Å². The summed E-state index contributed by atoms with van der Waals surface area (Å²) in [6.45, 7) is 17.9. The van der Waals surface area contributed by atoms with Gasteiger partial charge in [-0.1, -0.05) is 77.0 Å². The minimum absolute atomic E-state index is 0.111. The minimum Gasteiger partial charge on any atom is -0.508 e. The summed E-state index contributed by atoms with van der Waals surface area (Å²) in [4.78, 5) is 26.7. The molecule has 0 atom stereocenters. The van der Waals surface area contributed by atoms with E-state index in [0.29, 0.717) is 24.0 Å². The van der Waals surface area contributed by atoms with Crippen LogP contribution in [-0.2, 0) is 9.59 Å². The monoisotopic (exact) mass is 719 g/mol. The summed E-state index contributed by atoms with van der Waals surface area (Å²) in [5.41, 5.74) is 16.4. The van der Waals surface area contributed by atoms with Crippen molar-refractivity contribution in [1.82, 2.24) is 4.90 Å². The average Bonchev–Trinajstić information content (AvgIpc) is 3.52. The molecule has 2 aromatic rings. The van der Waals surface area contributed by atoms with Gasteiger partial charge in [0.15, 0.2) is 0 Å². The summed E-state index contributed by atoms with van der Waals surface area (Å²) in [6, 6.07) is 11.9. The summed E-state index contributed by atoms with van der Waals surface area (Å²) >= 11 is 0. The largest absolute Gasteiger partial charge is 0.508 e. The molecule has 0 unspecified atom stereocenters. The molecular weight excluding hydrogens is 659 g/mol. The number of hydrogen-bond acceptors (Lipinski definition) is 5. The van der Waals surface area contributed by atoms with Gasteiger partial charge in [0.25, 0.3) is 0 Å². The number of nitrogens with zero attached hydrogens (tertiary/aromatic N) is 2. The number of nitrogens with two attached hydrogens (primary N) is 1. The fourth-order valence-corrected chi connectivity index (χ4v) is 7.31. The van der Waals surface area contributed by atoms with Crippen LogP contribution in [0.2, 0.25) is 0 Å². The number of hydrogen-bond donors (Lipinski definition) is 3. The van der Waals surface area contributed by atoms with Crippen molar-refractivity contribution in [3.05, 3.63) is 124 Å². The third-order valence-corrected chi connectivity index (χ3v) is 10.1. The fraction of sp³-hybridized carbons (Fsp3) is 0.413. The van der Waals surface area contributed by atoms with Gasteiger partial charge in [0.05, 0.1) is 5.71 Å². The van der Waals surface area contributed by atoms with E-state index in [0.717, 1.165) is 47.6 Å². The number of fused-ring (bicyclic) bond motifs is 2. The van der Waals surface area contributed by atoms with Crippen LogP contribution < -0.4 is 5.73 Å². The molecule has 1 saturated carbocycles. The summed E-state index contributed by atoms with van der Waals surface area (Å²) in [6.07, 6.45) is 22.7. The van der Waals surface area contributed by atoms with Gasteiger partial charge in [0.1, 0.15) is 11.5 Å². The summed E-state index contributed by atoms with van der Waals surface area (Å²) < 4.78 is 0. The second-order valence-electron chi connectivity index (χ2n) is 13.8. The minimum atomic E-state index is 0.111. The Hall–Kier alpha value is -4.91. The van der Waals surface area contributed by atoms with Crippen molar-refractivity contribution in [2.75, 3.05) is 13.1 Å². The second kappa shape index (κ2) is 21.6. The maximum atomic E-state index is 11.1. The average molecular weight is 720 g/mol. The zero-order chi connectivity index (χ0) is 38.9. The SMILES string of the molecule is C=C(O)c1ccc(/C(=C(\C)C2=CC=C3CC(=C2)C=CC(c2ccc(O)c(C)c2)=N3)C2CCCCC2)c(C)c1.CC.CCC(=O)N1CCCCC1.NC=O. The number of aromatic hydroxyl groups is 1. The lowest BCUT2D eigenvalue weighted by molar-refractivity contribution is -0.131. The van der Waals surface area contributed by atoms with Crippen LogP contribution in [-0.4, -0.2) is 46.2 Å². The molecule has 0 radical (unpaired) electrons. The van der Waals surface area contributed by atoms with Crippen molar-refractivity contribution in [2.24, 2.45) is 16.6 Å². The maximum Gasteiger partial charge on any atom is 0.222 e. The van der Waals surface area contributed by atoms with Gasteiger partial charge in [-0.15, -0.1) is 0 Å². The number of primary amides is 1. The third-order valence-electron chi connectivity index (χ3n) is 10.1. The number of phenols is 1. The number of piperidine rings is 1. The van der Waals surface area contributed by atoms with Gasteiger partial charge >= 0.3 is 0 Å². The molecular formula is C46H61N3O4. The standard InChI is InChI=1S/C35H37NO2.C8H15NO.C2H6.CH3NO/c1-22-18-29(25(4)37)12-15-32(22)35(27-8-6-5-7-9-27)24(3)28-11-14-31-21-26(20-28)10-16-33(36-31)30-13-17-34(38)23(2)19-30;1-2-8(10)9-6-4-3-5-7-9;1-2;2-1-3/h10-20,27,37-38H,4-9,21H2,1-3H3;2-7H2,1H3;1-2H3;1H,(H2,2,3)/b35-24+;;;. The molecule has 284 valence electrons. The fourth-order valence-electron chi connectivity index (χ4n) is 7.31. The van der Waals surface area contributed by atoms with E-state index in [1.807, 2.05) is 50.8 Å². The lowest BCUT2D eigenvalue weighted by atomic mass is 9.76. The van der Waals surface area contributed by atoms with Crippen LogP contribution in [0.3, 0.4) is 0 Å². The number of carbonyl (C=O) groups excluding carboxylic acids is 2. The summed E-state index contributed by atoms with van der Waals surface area (Å²) in [7, 11) is 0. The van der Waals surface area contributed by atoms with E-state index in [9.17, 15) is 15.0 Å². The first-order valence-corrected chi connectivity index (χ1v) is 19.4. The number of aliphatic hydroxyl groups excluding tert-OH is 1. The van der Waals surface area contributed by atoms with Crippen molar-refractivity contribution in [1.29, 1.82) is 0 Å². The molecule has 2 aromatic carbocycles. The molecule has 2 aliphatic heterocycles. The Kier molecular flexibility index (Phi) is 17.3. The van der Waals surface area contributed by atoms with Gasteiger partial charge in [-0.2, -0.15) is 0 Å². The van der Waals surface area contributed by atoms with Gasteiger partial charge in [-0.05, 0) is 134 Å². The van der Waals surface area contributed by atoms with Crippen molar-refractivity contribution in [2.45, 2.75) is 106 Å². The number of aliphatic imine (C=N–C) groups is 1. The van der Waals surface area contributed by atoms with Crippen molar-refractivity contribution in [3.63, 3.8) is 0 Å². The Balaban J connectivity index is 0.000000425. The van der Waals surface area contributed by atoms with Crippen LogP contribution >= 0.6 is 0 Å². The Morgan fingerprint density at radius 2 is 1.62 bits per heavy atom. The molecule has 1 saturated heterocycles. The van der Waals surface area contributed by atoms with Crippen LogP contribution in [0.4, 0.5) is 0 Å². The molecule has 0 aromatic heterocycles. The zero-order valence-electron chi connectivity index (χ0n) is 32.9. The Morgan fingerprint density at radius 3 is 2.23 bits per heavy atom. The quantitative estimate of drug-likeness (QED) is 0.203. The lowest BCUT2D eigenvalue weighted by Crippen LogP contribution is -2.34. The number of aryl methyl sites for hydroxylation is 2. The van der Waals surface area contributed by atoms with E-state index in [1.54, 1.807) is 6.07 Å². The highest BCUT2D eigenvalue weighted by atomic mass is 16.3. The molecule has 0 spiro atoms. The molecule has 2 amide bonds. The van der Waals surface area contributed by atoms with E-state index in [2.05, 4.69) is 68.7 Å². The smallest absolute Gasteiger partial charge is 0.222 e. The van der Waals surface area contributed by atoms with E-state index in [1.165, 1.54) is 84.8 Å². The van der Waals surface area contributed by atoms with Crippen LogP contribution in [0.25, 0.3) is 11.3 Å². The highest BCUT2D eigenvalue weighted by Crippen LogP contribution is 2.41. The zero-order valence-corrected chi connectivity index (χ0v) is 32.9. The first kappa shape index (κ1) is 42.5. The first-order valence-electron chi connectivity index (χ1n) is 19.4. The van der Waals surface area contributed by atoms with Crippen LogP contribution in [0.1, 0.15) is 120 Å². The van der Waals surface area contributed by atoms with Gasteiger partial charge in [-0.25, -0.2) is 0 Å². The van der Waals surface area contributed by atoms with Gasteiger partial charge in [0, 0.05) is 42.8 Å². The van der Waals surface area contributed by atoms with Crippen LogP contribution in [0.15, 0.2) is 101 Å². The second-order valence-corrected chi connectivity index (χ2v) is 13.8. The molecule has 4 aliphatic rings. The number of amides is 2. The molecule has 2 bridgehead atoms. The highest BCUT2D eigenvalue weighted by Gasteiger charge is 2.24. The molecule has 7 nitrogen and oxygen atoms in total. The van der Waals surface area contributed by atoms with Crippen LogP contribution in [0, 0.1) is 19.8 Å². The lowest BCUT2D eigenvalue weighted by Gasteiger charge is -2.28. The Labute approximate surface area is 318 Å². The summed E-state index contributed by atoms with van der Waals surface area (Å²) in [5, 5.41) is 19.9.